The van der Waals surface area contributed by atoms with Gasteiger partial charge in [0.05, 0.1) is 11.4 Å². The van der Waals surface area contributed by atoms with Gasteiger partial charge in [-0.3, -0.25) is 4.98 Å². The lowest BCUT2D eigenvalue weighted by molar-refractivity contribution is 0.538. The van der Waals surface area contributed by atoms with Crippen LogP contribution >= 0.6 is 0 Å². The minimum absolute atomic E-state index is 0.0614. The van der Waals surface area contributed by atoms with Gasteiger partial charge in [0.1, 0.15) is 0 Å². The Kier molecular flexibility index (Phi) is 5.24. The van der Waals surface area contributed by atoms with Crippen molar-refractivity contribution in [3.63, 3.8) is 0 Å². The molecule has 0 fully saturated rings. The van der Waals surface area contributed by atoms with Crippen molar-refractivity contribution in [1.82, 2.24) is 14.5 Å². The van der Waals surface area contributed by atoms with Gasteiger partial charge < -0.3 is 4.57 Å². The summed E-state index contributed by atoms with van der Waals surface area (Å²) in [7, 11) is -3.50. The molecular weight excluding hydrogens is 310 g/mol. The first-order valence-electron chi connectivity index (χ1n) is 7.96. The van der Waals surface area contributed by atoms with E-state index < -0.39 is 9.84 Å². The van der Waals surface area contributed by atoms with Gasteiger partial charge in [-0.1, -0.05) is 19.4 Å². The molecule has 0 N–H and O–H groups in total. The summed E-state index contributed by atoms with van der Waals surface area (Å²) in [5, 5.41) is 0.181. The van der Waals surface area contributed by atoms with Gasteiger partial charge in [-0.2, -0.15) is 0 Å². The van der Waals surface area contributed by atoms with Crippen LogP contribution in [0, 0.1) is 27.7 Å². The van der Waals surface area contributed by atoms with E-state index in [-0.39, 0.29) is 10.9 Å². The van der Waals surface area contributed by atoms with Gasteiger partial charge >= 0.3 is 0 Å². The Bertz CT molecular complexity index is 807. The van der Waals surface area contributed by atoms with Gasteiger partial charge in [-0.15, -0.1) is 0 Å². The van der Waals surface area contributed by atoms with Crippen LogP contribution in [0.15, 0.2) is 17.3 Å². The van der Waals surface area contributed by atoms with E-state index in [1.807, 2.05) is 44.4 Å². The highest BCUT2D eigenvalue weighted by molar-refractivity contribution is 7.90. The molecule has 126 valence electrons. The maximum Gasteiger partial charge on any atom is 0.228 e. The van der Waals surface area contributed by atoms with E-state index in [1.165, 1.54) is 0 Å². The summed E-state index contributed by atoms with van der Waals surface area (Å²) in [6.07, 6.45) is 1.95. The van der Waals surface area contributed by atoms with Crippen molar-refractivity contribution in [2.24, 2.45) is 0 Å². The first-order valence-corrected chi connectivity index (χ1v) is 9.61. The number of imidazole rings is 1. The number of hydrogen-bond donors (Lipinski definition) is 0. The summed E-state index contributed by atoms with van der Waals surface area (Å²) in [6, 6.07) is 3.69. The van der Waals surface area contributed by atoms with Crippen LogP contribution in [0.5, 0.6) is 0 Å². The first-order chi connectivity index (χ1) is 10.8. The molecule has 0 bridgehead atoms. The van der Waals surface area contributed by atoms with Gasteiger partial charge in [0, 0.05) is 23.6 Å². The fraction of sp³-hybridized carbons (Fsp3) is 0.529. The number of rotatable bonds is 6. The largest absolute Gasteiger partial charge is 0.319 e. The van der Waals surface area contributed by atoms with Crippen molar-refractivity contribution >= 4 is 9.84 Å². The molecule has 5 nitrogen and oxygen atoms in total. The fourth-order valence-electron chi connectivity index (χ4n) is 2.58. The van der Waals surface area contributed by atoms with E-state index >= 15 is 0 Å². The van der Waals surface area contributed by atoms with Crippen LogP contribution in [-0.4, -0.2) is 23.0 Å². The third kappa shape index (κ3) is 3.80. The summed E-state index contributed by atoms with van der Waals surface area (Å²) >= 11 is 0. The molecule has 0 spiro atoms. The summed E-state index contributed by atoms with van der Waals surface area (Å²) in [6.45, 7) is 10.3. The predicted octanol–water partition coefficient (Wildman–Crippen LogP) is 3.29. The number of unbranched alkanes of at least 4 members (excludes halogenated alkanes) is 1. The van der Waals surface area contributed by atoms with Gasteiger partial charge in [-0.25, -0.2) is 13.4 Å². The Morgan fingerprint density at radius 1 is 1.04 bits per heavy atom. The third-order valence-electron chi connectivity index (χ3n) is 4.12. The van der Waals surface area contributed by atoms with Gasteiger partial charge in [0.15, 0.2) is 0 Å². The number of hydrogen-bond acceptors (Lipinski definition) is 4. The van der Waals surface area contributed by atoms with Crippen LogP contribution in [0.25, 0.3) is 0 Å². The lowest BCUT2D eigenvalue weighted by atomic mass is 10.2. The van der Waals surface area contributed by atoms with Crippen LogP contribution in [0.3, 0.4) is 0 Å². The van der Waals surface area contributed by atoms with Crippen molar-refractivity contribution in [3.8, 4) is 0 Å². The number of sulfone groups is 1. The molecule has 0 amide bonds. The second-order valence-corrected chi connectivity index (χ2v) is 7.91. The second-order valence-electron chi connectivity index (χ2n) is 6.03. The van der Waals surface area contributed by atoms with Gasteiger partial charge in [-0.05, 0) is 45.7 Å². The molecular formula is C17H25N3O2S. The van der Waals surface area contributed by atoms with Crippen molar-refractivity contribution < 1.29 is 8.42 Å². The quantitative estimate of drug-likeness (QED) is 0.812. The normalized spacial score (nSPS) is 11.9. The summed E-state index contributed by atoms with van der Waals surface area (Å²) in [5.74, 6) is -0.0614. The molecule has 0 aromatic carbocycles. The number of aryl methyl sites for hydroxylation is 3. The summed E-state index contributed by atoms with van der Waals surface area (Å²) < 4.78 is 27.6. The Hall–Kier alpha value is -1.69. The zero-order valence-electron chi connectivity index (χ0n) is 14.5. The molecule has 0 unspecified atom stereocenters. The Morgan fingerprint density at radius 3 is 2.35 bits per heavy atom. The molecule has 0 saturated carbocycles. The smallest absolute Gasteiger partial charge is 0.228 e. The molecule has 23 heavy (non-hydrogen) atoms. The minimum Gasteiger partial charge on any atom is -0.319 e. The number of nitrogens with zero attached hydrogens (tertiary/aromatic N) is 3. The molecule has 6 heteroatoms. The molecule has 2 heterocycles. The summed E-state index contributed by atoms with van der Waals surface area (Å²) in [5.41, 5.74) is 4.08. The van der Waals surface area contributed by atoms with E-state index in [4.69, 9.17) is 0 Å². The van der Waals surface area contributed by atoms with Crippen LogP contribution in [0.1, 0.15) is 48.1 Å². The first kappa shape index (κ1) is 17.7. The zero-order chi connectivity index (χ0) is 17.2. The van der Waals surface area contributed by atoms with Crippen molar-refractivity contribution in [2.75, 3.05) is 0 Å². The molecule has 0 radical (unpaired) electrons. The van der Waals surface area contributed by atoms with Crippen LogP contribution < -0.4 is 0 Å². The van der Waals surface area contributed by atoms with Crippen molar-refractivity contribution in [1.29, 1.82) is 0 Å². The zero-order valence-corrected chi connectivity index (χ0v) is 15.4. The Labute approximate surface area is 138 Å². The minimum atomic E-state index is -3.50. The van der Waals surface area contributed by atoms with E-state index in [0.29, 0.717) is 6.54 Å². The third-order valence-corrected chi connectivity index (χ3v) is 5.68. The van der Waals surface area contributed by atoms with E-state index in [9.17, 15) is 8.42 Å². The predicted molar refractivity (Wildman–Crippen MR) is 91.2 cm³/mol. The van der Waals surface area contributed by atoms with Crippen LogP contribution in [-0.2, 0) is 22.1 Å². The van der Waals surface area contributed by atoms with E-state index in [0.717, 1.165) is 41.2 Å². The highest BCUT2D eigenvalue weighted by Gasteiger charge is 2.25. The Morgan fingerprint density at radius 2 is 1.74 bits per heavy atom. The Balaban J connectivity index is 2.41. The highest BCUT2D eigenvalue weighted by Crippen LogP contribution is 2.21. The van der Waals surface area contributed by atoms with Crippen molar-refractivity contribution in [2.45, 2.75) is 64.9 Å². The van der Waals surface area contributed by atoms with E-state index in [2.05, 4.69) is 16.9 Å². The molecule has 2 aromatic heterocycles. The molecule has 2 aromatic rings. The van der Waals surface area contributed by atoms with Crippen LogP contribution in [0.2, 0.25) is 0 Å². The fourth-order valence-corrected chi connectivity index (χ4v) is 4.26. The molecule has 0 aliphatic carbocycles. The highest BCUT2D eigenvalue weighted by atomic mass is 32.2. The average molecular weight is 335 g/mol. The molecule has 0 aliphatic rings. The van der Waals surface area contributed by atoms with Crippen LogP contribution in [0.4, 0.5) is 0 Å². The monoisotopic (exact) mass is 335 g/mol. The molecule has 0 saturated heterocycles. The number of pyridine rings is 1. The maximum atomic E-state index is 12.9. The maximum absolute atomic E-state index is 12.9. The molecule has 0 aliphatic heterocycles. The molecule has 2 rings (SSSR count). The standard InChI is InChI=1S/C17H25N3O2S/c1-6-7-10-20-15(5)13(3)19-17(20)23(21,22)11-16-9-8-12(2)18-14(16)4/h8-9H,6-7,10-11H2,1-5H3. The summed E-state index contributed by atoms with van der Waals surface area (Å²) in [4.78, 5) is 8.69. The topological polar surface area (TPSA) is 64.8 Å². The lowest BCUT2D eigenvalue weighted by Gasteiger charge is -2.11. The average Bonchev–Trinajstić information content (AvgIpc) is 2.76. The van der Waals surface area contributed by atoms with Gasteiger partial charge in [0.2, 0.25) is 15.0 Å². The molecule has 0 atom stereocenters. The SMILES string of the molecule is CCCCn1c(S(=O)(=O)Cc2ccc(C)nc2C)nc(C)c1C. The van der Waals surface area contributed by atoms with E-state index in [1.54, 1.807) is 0 Å². The lowest BCUT2D eigenvalue weighted by Crippen LogP contribution is -2.15. The van der Waals surface area contributed by atoms with Gasteiger partial charge in [0.25, 0.3) is 0 Å². The number of aromatic nitrogens is 3. The second kappa shape index (κ2) is 6.83. The van der Waals surface area contributed by atoms with Crippen molar-refractivity contribution in [3.05, 3.63) is 40.5 Å².